The van der Waals surface area contributed by atoms with Crippen LogP contribution in [0, 0.1) is 0 Å². The average Bonchev–Trinajstić information content (AvgIpc) is 3.31. The number of sulfone groups is 1. The van der Waals surface area contributed by atoms with Crippen molar-refractivity contribution in [3.63, 3.8) is 0 Å². The summed E-state index contributed by atoms with van der Waals surface area (Å²) in [5, 5.41) is 2.43. The second-order valence-electron chi connectivity index (χ2n) is 9.17. The molecule has 5 aromatic carbocycles. The largest absolute Gasteiger partial charge is 0.294 e. The number of para-hydroxylation sites is 1. The molecule has 0 fully saturated rings. The van der Waals surface area contributed by atoms with Crippen LogP contribution in [0.2, 0.25) is 0 Å². The number of benzene rings is 5. The summed E-state index contributed by atoms with van der Waals surface area (Å²) in [4.78, 5) is 5.35. The Kier molecular flexibility index (Phi) is 4.48. The standard InChI is InChI=1S/C31H22N2O2S/c1-2-30-32-26-8-5-9-28-31(26)33(30)27-17-16-25(19-29(27)36(28,34)35)22-12-10-21(11-13-22)24-15-14-20-6-3-4-7-23(20)18-24/h3-19H,2H2,1H3. The van der Waals surface area contributed by atoms with Gasteiger partial charge in [0.05, 0.1) is 26.5 Å². The van der Waals surface area contributed by atoms with Crippen LogP contribution in [-0.4, -0.2) is 18.0 Å². The number of hydrogen-bond donors (Lipinski definition) is 0. The number of imidazole rings is 1. The molecule has 0 radical (unpaired) electrons. The Bertz CT molecular complexity index is 1930. The van der Waals surface area contributed by atoms with Crippen molar-refractivity contribution in [2.45, 2.75) is 23.1 Å². The van der Waals surface area contributed by atoms with Crippen molar-refractivity contribution in [1.82, 2.24) is 9.55 Å². The molecule has 0 unspecified atom stereocenters. The Morgan fingerprint density at radius 1 is 0.667 bits per heavy atom. The van der Waals surface area contributed by atoms with Gasteiger partial charge >= 0.3 is 0 Å². The molecule has 2 heterocycles. The third kappa shape index (κ3) is 2.99. The second kappa shape index (κ2) is 7.64. The van der Waals surface area contributed by atoms with Crippen LogP contribution < -0.4 is 0 Å². The zero-order chi connectivity index (χ0) is 24.4. The summed E-state index contributed by atoms with van der Waals surface area (Å²) in [5.41, 5.74) is 6.18. The molecule has 0 atom stereocenters. The molecule has 4 nitrogen and oxygen atoms in total. The molecule has 0 bridgehead atoms. The molecule has 36 heavy (non-hydrogen) atoms. The van der Waals surface area contributed by atoms with Gasteiger partial charge < -0.3 is 0 Å². The minimum atomic E-state index is -3.67. The van der Waals surface area contributed by atoms with E-state index in [1.165, 1.54) is 10.8 Å². The highest BCUT2D eigenvalue weighted by molar-refractivity contribution is 7.92. The summed E-state index contributed by atoms with van der Waals surface area (Å²) in [6, 6.07) is 34.2. The van der Waals surface area contributed by atoms with E-state index in [0.29, 0.717) is 32.9 Å². The fourth-order valence-electron chi connectivity index (χ4n) is 5.29. The van der Waals surface area contributed by atoms with Crippen molar-refractivity contribution in [2.75, 3.05) is 0 Å². The smallest absolute Gasteiger partial charge is 0.210 e. The maximum atomic E-state index is 13.7. The van der Waals surface area contributed by atoms with E-state index in [9.17, 15) is 8.42 Å². The Morgan fingerprint density at radius 2 is 1.33 bits per heavy atom. The first kappa shape index (κ1) is 21.1. The molecule has 0 saturated heterocycles. The van der Waals surface area contributed by atoms with E-state index < -0.39 is 9.84 Å². The van der Waals surface area contributed by atoms with Gasteiger partial charge in [0, 0.05) is 6.42 Å². The van der Waals surface area contributed by atoms with Crippen LogP contribution in [0.1, 0.15) is 12.7 Å². The van der Waals surface area contributed by atoms with E-state index in [4.69, 9.17) is 4.98 Å². The van der Waals surface area contributed by atoms with Crippen LogP contribution in [0.4, 0.5) is 0 Å². The molecular formula is C31H22N2O2S. The summed E-state index contributed by atoms with van der Waals surface area (Å²) >= 11 is 0. The monoisotopic (exact) mass is 486 g/mol. The lowest BCUT2D eigenvalue weighted by molar-refractivity contribution is 0.594. The fourth-order valence-corrected chi connectivity index (χ4v) is 6.96. The Labute approximate surface area is 209 Å². The highest BCUT2D eigenvalue weighted by Crippen LogP contribution is 2.41. The average molecular weight is 487 g/mol. The summed E-state index contributed by atoms with van der Waals surface area (Å²) in [5.74, 6) is 0.862. The van der Waals surface area contributed by atoms with Crippen LogP contribution >= 0.6 is 0 Å². The van der Waals surface area contributed by atoms with Gasteiger partial charge in [0.25, 0.3) is 0 Å². The van der Waals surface area contributed by atoms with Gasteiger partial charge in [0.15, 0.2) is 0 Å². The number of fused-ring (bicyclic) bond motifs is 3. The Balaban J connectivity index is 1.33. The van der Waals surface area contributed by atoms with Crippen LogP contribution in [-0.2, 0) is 16.3 Å². The number of aryl methyl sites for hydroxylation is 1. The fraction of sp³-hybridized carbons (Fsp3) is 0.0645. The van der Waals surface area contributed by atoms with E-state index >= 15 is 0 Å². The van der Waals surface area contributed by atoms with E-state index in [0.717, 1.165) is 28.1 Å². The highest BCUT2D eigenvalue weighted by atomic mass is 32.2. The molecule has 0 aliphatic carbocycles. The van der Waals surface area contributed by atoms with Crippen molar-refractivity contribution in [3.05, 3.63) is 109 Å². The first-order valence-corrected chi connectivity index (χ1v) is 13.5. The highest BCUT2D eigenvalue weighted by Gasteiger charge is 2.33. The zero-order valence-corrected chi connectivity index (χ0v) is 20.5. The van der Waals surface area contributed by atoms with Gasteiger partial charge in [-0.3, -0.25) is 4.57 Å². The third-order valence-electron chi connectivity index (χ3n) is 7.11. The molecule has 1 aliphatic heterocycles. The summed E-state index contributed by atoms with van der Waals surface area (Å²) < 4.78 is 29.3. The Hall–Kier alpha value is -4.22. The Morgan fingerprint density at radius 3 is 2.08 bits per heavy atom. The first-order valence-electron chi connectivity index (χ1n) is 12.0. The minimum absolute atomic E-state index is 0.323. The van der Waals surface area contributed by atoms with Crippen molar-refractivity contribution in [3.8, 4) is 27.9 Å². The summed E-state index contributed by atoms with van der Waals surface area (Å²) in [6.45, 7) is 2.04. The SMILES string of the molecule is CCc1nc2cccc3c2n1-c1ccc(-c2ccc(-c4ccc5ccccc5c4)cc2)cc1S3(=O)=O. The molecule has 0 spiro atoms. The topological polar surface area (TPSA) is 52.0 Å². The molecule has 0 amide bonds. The molecule has 5 heteroatoms. The van der Waals surface area contributed by atoms with Gasteiger partial charge in [-0.2, -0.15) is 0 Å². The molecule has 0 N–H and O–H groups in total. The van der Waals surface area contributed by atoms with E-state index in [-0.39, 0.29) is 0 Å². The van der Waals surface area contributed by atoms with Gasteiger partial charge in [-0.1, -0.05) is 79.7 Å². The zero-order valence-electron chi connectivity index (χ0n) is 19.6. The van der Waals surface area contributed by atoms with Gasteiger partial charge in [0.2, 0.25) is 9.84 Å². The molecule has 1 aliphatic rings. The molecule has 0 saturated carbocycles. The summed E-state index contributed by atoms with van der Waals surface area (Å²) in [6.07, 6.45) is 0.714. The van der Waals surface area contributed by atoms with Crippen molar-refractivity contribution in [2.24, 2.45) is 0 Å². The molecule has 6 aromatic rings. The maximum absolute atomic E-state index is 13.7. The van der Waals surface area contributed by atoms with Crippen molar-refractivity contribution >= 4 is 31.6 Å². The number of hydrogen-bond acceptors (Lipinski definition) is 3. The molecule has 7 rings (SSSR count). The lowest BCUT2D eigenvalue weighted by atomic mass is 9.98. The van der Waals surface area contributed by atoms with E-state index in [1.807, 2.05) is 35.8 Å². The van der Waals surface area contributed by atoms with Crippen LogP contribution in [0.25, 0.3) is 49.7 Å². The normalized spacial score (nSPS) is 13.7. The predicted molar refractivity (Wildman–Crippen MR) is 144 cm³/mol. The predicted octanol–water partition coefficient (Wildman–Crippen LogP) is 7.22. The van der Waals surface area contributed by atoms with Gasteiger partial charge in [-0.25, -0.2) is 13.4 Å². The van der Waals surface area contributed by atoms with Crippen LogP contribution in [0.3, 0.4) is 0 Å². The molecular weight excluding hydrogens is 464 g/mol. The second-order valence-corrected chi connectivity index (χ2v) is 11.1. The summed E-state index contributed by atoms with van der Waals surface area (Å²) in [7, 11) is -3.67. The van der Waals surface area contributed by atoms with E-state index in [1.54, 1.807) is 18.2 Å². The van der Waals surface area contributed by atoms with Crippen LogP contribution in [0.5, 0.6) is 0 Å². The number of aromatic nitrogens is 2. The first-order chi connectivity index (χ1) is 17.5. The maximum Gasteiger partial charge on any atom is 0.210 e. The van der Waals surface area contributed by atoms with E-state index in [2.05, 4.69) is 60.7 Å². The lowest BCUT2D eigenvalue weighted by Gasteiger charge is -2.21. The minimum Gasteiger partial charge on any atom is -0.294 e. The molecule has 174 valence electrons. The van der Waals surface area contributed by atoms with Crippen molar-refractivity contribution in [1.29, 1.82) is 0 Å². The van der Waals surface area contributed by atoms with Gasteiger partial charge in [-0.15, -0.1) is 0 Å². The number of rotatable bonds is 3. The number of nitrogens with zero attached hydrogens (tertiary/aromatic N) is 2. The van der Waals surface area contributed by atoms with Gasteiger partial charge in [-0.05, 0) is 63.4 Å². The molecule has 1 aromatic heterocycles. The van der Waals surface area contributed by atoms with Gasteiger partial charge in [0.1, 0.15) is 5.82 Å². The van der Waals surface area contributed by atoms with Crippen molar-refractivity contribution < 1.29 is 8.42 Å². The van der Waals surface area contributed by atoms with Crippen LogP contribution in [0.15, 0.2) is 113 Å². The lowest BCUT2D eigenvalue weighted by Crippen LogP contribution is -2.16. The quantitative estimate of drug-likeness (QED) is 0.265. The third-order valence-corrected chi connectivity index (χ3v) is 8.92.